The van der Waals surface area contributed by atoms with Gasteiger partial charge in [0.15, 0.2) is 0 Å². The van der Waals surface area contributed by atoms with E-state index in [0.29, 0.717) is 12.0 Å². The first-order valence-electron chi connectivity index (χ1n) is 6.57. The van der Waals surface area contributed by atoms with Crippen LogP contribution in [0.1, 0.15) is 18.5 Å². The van der Waals surface area contributed by atoms with Gasteiger partial charge in [-0.3, -0.25) is 4.68 Å². The number of aryl methyl sites for hydroxylation is 1. The van der Waals surface area contributed by atoms with E-state index in [1.807, 2.05) is 36.1 Å². The first-order chi connectivity index (χ1) is 9.22. The molecule has 0 amide bonds. The van der Waals surface area contributed by atoms with Crippen LogP contribution in [0.3, 0.4) is 0 Å². The Labute approximate surface area is 112 Å². The topological polar surface area (TPSA) is 72.9 Å². The fourth-order valence-electron chi connectivity index (χ4n) is 2.67. The molecule has 19 heavy (non-hydrogen) atoms. The molecule has 6 nitrogen and oxygen atoms in total. The molecule has 2 aromatic rings. The molecular formula is C13H18N6. The van der Waals surface area contributed by atoms with Crippen molar-refractivity contribution in [2.75, 3.05) is 17.2 Å². The minimum atomic E-state index is 0.347. The predicted octanol–water partition coefficient (Wildman–Crippen LogP) is 1.23. The second-order valence-corrected chi connectivity index (χ2v) is 4.94. The summed E-state index contributed by atoms with van der Waals surface area (Å²) in [4.78, 5) is 10.8. The Bertz CT molecular complexity index is 530. The summed E-state index contributed by atoms with van der Waals surface area (Å²) in [6.07, 6.45) is 6.14. The number of nitrogens with two attached hydrogens (primary N) is 1. The molecule has 1 aliphatic heterocycles. The lowest BCUT2D eigenvalue weighted by molar-refractivity contribution is 0.507. The fourth-order valence-corrected chi connectivity index (χ4v) is 2.67. The Balaban J connectivity index is 1.82. The standard InChI is InChI=1S/C13H18N6/c1-10-8-12(17-13(14)16-10)19-7-2-4-11(19)9-18-6-3-5-15-18/h3,5-6,8,11H,2,4,7,9H2,1H3,(H2,14,16,17). The zero-order chi connectivity index (χ0) is 13.2. The number of rotatable bonds is 3. The molecule has 3 rings (SSSR count). The molecule has 100 valence electrons. The third-order valence-corrected chi connectivity index (χ3v) is 3.49. The minimum Gasteiger partial charge on any atom is -0.368 e. The highest BCUT2D eigenvalue weighted by Crippen LogP contribution is 2.25. The Morgan fingerprint density at radius 3 is 3.05 bits per heavy atom. The zero-order valence-corrected chi connectivity index (χ0v) is 11.0. The van der Waals surface area contributed by atoms with Crippen LogP contribution in [0.15, 0.2) is 24.5 Å². The predicted molar refractivity (Wildman–Crippen MR) is 73.8 cm³/mol. The number of aromatic nitrogens is 4. The second-order valence-electron chi connectivity index (χ2n) is 4.94. The SMILES string of the molecule is Cc1cc(N2CCCC2Cn2cccn2)nc(N)n1. The van der Waals surface area contributed by atoms with Gasteiger partial charge < -0.3 is 10.6 Å². The van der Waals surface area contributed by atoms with Crippen LogP contribution in [0.25, 0.3) is 0 Å². The fraction of sp³-hybridized carbons (Fsp3) is 0.462. The van der Waals surface area contributed by atoms with E-state index in [1.54, 1.807) is 0 Å². The van der Waals surface area contributed by atoms with Crippen LogP contribution in [0, 0.1) is 6.92 Å². The lowest BCUT2D eigenvalue weighted by atomic mass is 10.2. The maximum absolute atomic E-state index is 5.74. The summed E-state index contributed by atoms with van der Waals surface area (Å²) in [7, 11) is 0. The van der Waals surface area contributed by atoms with Crippen LogP contribution < -0.4 is 10.6 Å². The van der Waals surface area contributed by atoms with Crippen LogP contribution in [0.2, 0.25) is 0 Å². The molecule has 0 bridgehead atoms. The summed E-state index contributed by atoms with van der Waals surface area (Å²) in [5.74, 6) is 1.28. The van der Waals surface area contributed by atoms with Crippen molar-refractivity contribution in [3.05, 3.63) is 30.2 Å². The van der Waals surface area contributed by atoms with E-state index in [9.17, 15) is 0 Å². The molecule has 1 saturated heterocycles. The Hall–Kier alpha value is -2.11. The van der Waals surface area contributed by atoms with E-state index >= 15 is 0 Å². The highest BCUT2D eigenvalue weighted by atomic mass is 15.3. The largest absolute Gasteiger partial charge is 0.368 e. The van der Waals surface area contributed by atoms with Gasteiger partial charge in [-0.05, 0) is 25.8 Å². The van der Waals surface area contributed by atoms with Gasteiger partial charge in [-0.15, -0.1) is 0 Å². The van der Waals surface area contributed by atoms with Crippen LogP contribution in [0.4, 0.5) is 11.8 Å². The van der Waals surface area contributed by atoms with Gasteiger partial charge in [-0.25, -0.2) is 4.98 Å². The lowest BCUT2D eigenvalue weighted by Crippen LogP contribution is -2.34. The molecule has 0 aliphatic carbocycles. The van der Waals surface area contributed by atoms with E-state index in [2.05, 4.69) is 20.0 Å². The summed E-state index contributed by atoms with van der Waals surface area (Å²) < 4.78 is 1.97. The first-order valence-corrected chi connectivity index (χ1v) is 6.57. The van der Waals surface area contributed by atoms with Crippen molar-refractivity contribution >= 4 is 11.8 Å². The van der Waals surface area contributed by atoms with Crippen LogP contribution in [-0.2, 0) is 6.54 Å². The lowest BCUT2D eigenvalue weighted by Gasteiger charge is -2.26. The van der Waals surface area contributed by atoms with Gasteiger partial charge in [0.2, 0.25) is 5.95 Å². The smallest absolute Gasteiger partial charge is 0.222 e. The van der Waals surface area contributed by atoms with Crippen molar-refractivity contribution in [1.82, 2.24) is 19.7 Å². The molecule has 0 radical (unpaired) electrons. The molecule has 1 unspecified atom stereocenters. The van der Waals surface area contributed by atoms with Crippen molar-refractivity contribution in [1.29, 1.82) is 0 Å². The van der Waals surface area contributed by atoms with Gasteiger partial charge >= 0.3 is 0 Å². The number of hydrogen-bond donors (Lipinski definition) is 1. The Morgan fingerprint density at radius 1 is 1.42 bits per heavy atom. The second kappa shape index (κ2) is 4.87. The average Bonchev–Trinajstić information content (AvgIpc) is 2.99. The molecule has 0 aromatic carbocycles. The highest BCUT2D eigenvalue weighted by Gasteiger charge is 2.26. The number of nitrogens with zero attached hydrogens (tertiary/aromatic N) is 5. The van der Waals surface area contributed by atoms with Crippen LogP contribution in [-0.4, -0.2) is 32.3 Å². The van der Waals surface area contributed by atoms with Gasteiger partial charge in [0, 0.05) is 30.7 Å². The zero-order valence-electron chi connectivity index (χ0n) is 11.0. The van der Waals surface area contributed by atoms with Gasteiger partial charge in [0.1, 0.15) is 5.82 Å². The van der Waals surface area contributed by atoms with Crippen molar-refractivity contribution < 1.29 is 0 Å². The minimum absolute atomic E-state index is 0.347. The first kappa shape index (κ1) is 12.0. The summed E-state index contributed by atoms with van der Waals surface area (Å²) >= 11 is 0. The Morgan fingerprint density at radius 2 is 2.32 bits per heavy atom. The quantitative estimate of drug-likeness (QED) is 0.896. The van der Waals surface area contributed by atoms with E-state index in [4.69, 9.17) is 5.73 Å². The normalized spacial score (nSPS) is 19.0. The summed E-state index contributed by atoms with van der Waals surface area (Å²) in [6, 6.07) is 4.37. The Kier molecular flexibility index (Phi) is 3.06. The highest BCUT2D eigenvalue weighted by molar-refractivity contribution is 5.45. The average molecular weight is 258 g/mol. The van der Waals surface area contributed by atoms with E-state index in [0.717, 1.165) is 31.0 Å². The summed E-state index contributed by atoms with van der Waals surface area (Å²) in [5.41, 5.74) is 6.65. The monoisotopic (exact) mass is 258 g/mol. The number of nitrogen functional groups attached to an aromatic ring is 1. The van der Waals surface area contributed by atoms with Gasteiger partial charge in [0.05, 0.1) is 12.6 Å². The van der Waals surface area contributed by atoms with Crippen molar-refractivity contribution in [2.45, 2.75) is 32.4 Å². The molecule has 1 aliphatic rings. The molecule has 2 aromatic heterocycles. The molecule has 2 N–H and O–H groups in total. The van der Waals surface area contributed by atoms with Gasteiger partial charge in [-0.1, -0.05) is 0 Å². The number of hydrogen-bond acceptors (Lipinski definition) is 5. The van der Waals surface area contributed by atoms with Crippen molar-refractivity contribution in [3.63, 3.8) is 0 Å². The molecular weight excluding hydrogens is 240 g/mol. The van der Waals surface area contributed by atoms with Crippen molar-refractivity contribution in [2.24, 2.45) is 0 Å². The molecule has 0 saturated carbocycles. The summed E-state index contributed by atoms with van der Waals surface area (Å²) in [6.45, 7) is 3.85. The van der Waals surface area contributed by atoms with Crippen LogP contribution in [0.5, 0.6) is 0 Å². The number of anilines is 2. The van der Waals surface area contributed by atoms with E-state index in [-0.39, 0.29) is 0 Å². The van der Waals surface area contributed by atoms with Gasteiger partial charge in [0.25, 0.3) is 0 Å². The van der Waals surface area contributed by atoms with E-state index < -0.39 is 0 Å². The maximum atomic E-state index is 5.74. The molecule has 1 atom stereocenters. The molecule has 3 heterocycles. The van der Waals surface area contributed by atoms with Gasteiger partial charge in [-0.2, -0.15) is 10.1 Å². The molecule has 1 fully saturated rings. The maximum Gasteiger partial charge on any atom is 0.222 e. The van der Waals surface area contributed by atoms with E-state index in [1.165, 1.54) is 6.42 Å². The van der Waals surface area contributed by atoms with Crippen molar-refractivity contribution in [3.8, 4) is 0 Å². The van der Waals surface area contributed by atoms with Crippen LogP contribution >= 0.6 is 0 Å². The molecule has 0 spiro atoms. The molecule has 6 heteroatoms. The third kappa shape index (κ3) is 2.52. The summed E-state index contributed by atoms with van der Waals surface area (Å²) in [5, 5.41) is 4.28. The third-order valence-electron chi connectivity index (χ3n) is 3.49.